The van der Waals surface area contributed by atoms with Crippen molar-refractivity contribution in [2.75, 3.05) is 6.61 Å². The van der Waals surface area contributed by atoms with Crippen LogP contribution < -0.4 is 0 Å². The van der Waals surface area contributed by atoms with E-state index in [0.29, 0.717) is 12.2 Å². The fraction of sp³-hybridized carbons (Fsp3) is 0.462. The van der Waals surface area contributed by atoms with Crippen LogP contribution in [0.2, 0.25) is 0 Å². The summed E-state index contributed by atoms with van der Waals surface area (Å²) in [5, 5.41) is 8.76. The van der Waals surface area contributed by atoms with Gasteiger partial charge in [0, 0.05) is 12.2 Å². The maximum Gasteiger partial charge on any atom is 0.338 e. The molecule has 0 spiro atoms. The highest BCUT2D eigenvalue weighted by Crippen LogP contribution is 2.32. The van der Waals surface area contributed by atoms with E-state index in [2.05, 4.69) is 0 Å². The summed E-state index contributed by atoms with van der Waals surface area (Å²) in [7, 11) is 0. The van der Waals surface area contributed by atoms with Gasteiger partial charge in [0.1, 0.15) is 5.82 Å². The minimum Gasteiger partial charge on any atom is -0.478 e. The number of ether oxygens (including phenoxy) is 1. The molecule has 3 nitrogen and oxygen atoms in total. The predicted octanol–water partition coefficient (Wildman–Crippen LogP) is 2.84. The van der Waals surface area contributed by atoms with Crippen molar-refractivity contribution in [3.63, 3.8) is 0 Å². The van der Waals surface area contributed by atoms with Gasteiger partial charge in [0.05, 0.1) is 12.2 Å². The molecule has 0 unspecified atom stereocenters. The molecule has 92 valence electrons. The molecule has 1 aliphatic rings. The molecule has 1 aliphatic carbocycles. The maximum absolute atomic E-state index is 13.7. The quantitative estimate of drug-likeness (QED) is 0.775. The largest absolute Gasteiger partial charge is 0.478 e. The zero-order chi connectivity index (χ0) is 12.3. The highest BCUT2D eigenvalue weighted by atomic mass is 19.1. The van der Waals surface area contributed by atoms with Crippen molar-refractivity contribution >= 4 is 5.97 Å². The summed E-state index contributed by atoms with van der Waals surface area (Å²) >= 11 is 0. The molecule has 0 atom stereocenters. The van der Waals surface area contributed by atoms with E-state index in [1.54, 1.807) is 6.07 Å². The first-order valence-electron chi connectivity index (χ1n) is 5.77. The predicted molar refractivity (Wildman–Crippen MR) is 60.4 cm³/mol. The van der Waals surface area contributed by atoms with Crippen LogP contribution >= 0.6 is 0 Å². The molecule has 17 heavy (non-hydrogen) atoms. The molecule has 0 radical (unpaired) electrons. The van der Waals surface area contributed by atoms with E-state index in [-0.39, 0.29) is 12.2 Å². The third-order valence-electron chi connectivity index (χ3n) is 2.93. The summed E-state index contributed by atoms with van der Waals surface area (Å²) < 4.78 is 19.0. The molecule has 0 bridgehead atoms. The van der Waals surface area contributed by atoms with Gasteiger partial charge in [-0.2, -0.15) is 0 Å². The third-order valence-corrected chi connectivity index (χ3v) is 2.93. The first-order valence-corrected chi connectivity index (χ1v) is 5.77. The number of carboxylic acid groups (broad SMARTS) is 1. The molecular weight excluding hydrogens is 223 g/mol. The number of halogens is 1. The number of carbonyl (C=O) groups is 1. The van der Waals surface area contributed by atoms with Gasteiger partial charge >= 0.3 is 5.97 Å². The Balaban J connectivity index is 1.90. The Morgan fingerprint density at radius 2 is 2.24 bits per heavy atom. The summed E-state index contributed by atoms with van der Waals surface area (Å²) in [6.45, 7) is 0.751. The van der Waals surface area contributed by atoms with Crippen molar-refractivity contribution in [3.05, 3.63) is 35.1 Å². The van der Waals surface area contributed by atoms with Crippen molar-refractivity contribution in [3.8, 4) is 0 Å². The van der Waals surface area contributed by atoms with Crippen molar-refractivity contribution in [1.82, 2.24) is 0 Å². The molecule has 2 rings (SSSR count). The molecule has 1 fully saturated rings. The van der Waals surface area contributed by atoms with E-state index in [0.717, 1.165) is 12.3 Å². The van der Waals surface area contributed by atoms with Crippen molar-refractivity contribution in [2.24, 2.45) is 5.92 Å². The number of rotatable bonds is 6. The van der Waals surface area contributed by atoms with Crippen LogP contribution in [0.15, 0.2) is 18.2 Å². The average Bonchev–Trinajstić information content (AvgIpc) is 3.10. The van der Waals surface area contributed by atoms with Crippen LogP contribution in [0.5, 0.6) is 0 Å². The first-order chi connectivity index (χ1) is 8.18. The van der Waals surface area contributed by atoms with E-state index in [4.69, 9.17) is 9.84 Å². The van der Waals surface area contributed by atoms with Crippen molar-refractivity contribution in [2.45, 2.75) is 25.9 Å². The number of benzene rings is 1. The Labute approximate surface area is 99.2 Å². The summed E-state index contributed by atoms with van der Waals surface area (Å²) in [6, 6.07) is 4.34. The van der Waals surface area contributed by atoms with Crippen LogP contribution in [0, 0.1) is 11.7 Å². The number of hydrogen-bond donors (Lipinski definition) is 1. The monoisotopic (exact) mass is 238 g/mol. The summed E-state index contributed by atoms with van der Waals surface area (Å²) in [5.41, 5.74) is 0.00832. The molecule has 1 saturated carbocycles. The average molecular weight is 238 g/mol. The fourth-order valence-electron chi connectivity index (χ4n) is 1.70. The number of carboxylic acids is 1. The summed E-state index contributed by atoms with van der Waals surface area (Å²) in [6.07, 6.45) is 3.55. The van der Waals surface area contributed by atoms with Gasteiger partial charge in [0.2, 0.25) is 0 Å². The molecule has 4 heteroatoms. The third kappa shape index (κ3) is 3.27. The Kier molecular flexibility index (Phi) is 3.74. The fourth-order valence-corrected chi connectivity index (χ4v) is 1.70. The minimum atomic E-state index is -1.25. The van der Waals surface area contributed by atoms with Crippen LogP contribution in [-0.2, 0) is 11.3 Å². The molecule has 1 N–H and O–H groups in total. The molecule has 0 amide bonds. The zero-order valence-electron chi connectivity index (χ0n) is 9.49. The Bertz CT molecular complexity index is 413. The Morgan fingerprint density at radius 1 is 1.47 bits per heavy atom. The Morgan fingerprint density at radius 3 is 2.88 bits per heavy atom. The number of hydrogen-bond acceptors (Lipinski definition) is 2. The molecule has 0 heterocycles. The molecule has 0 aliphatic heterocycles. The van der Waals surface area contributed by atoms with E-state index >= 15 is 0 Å². The topological polar surface area (TPSA) is 46.5 Å². The Hall–Kier alpha value is -1.42. The van der Waals surface area contributed by atoms with Gasteiger partial charge in [0.25, 0.3) is 0 Å². The van der Waals surface area contributed by atoms with Crippen LogP contribution in [0.25, 0.3) is 0 Å². The molecular formula is C13H15FO3. The smallest absolute Gasteiger partial charge is 0.338 e. The highest BCUT2D eigenvalue weighted by molar-refractivity contribution is 5.88. The van der Waals surface area contributed by atoms with Crippen molar-refractivity contribution in [1.29, 1.82) is 0 Å². The minimum absolute atomic E-state index is 0.139. The van der Waals surface area contributed by atoms with Gasteiger partial charge in [-0.1, -0.05) is 25.0 Å². The van der Waals surface area contributed by atoms with E-state index in [9.17, 15) is 9.18 Å². The lowest BCUT2D eigenvalue weighted by Crippen LogP contribution is -2.05. The van der Waals surface area contributed by atoms with Crippen LogP contribution in [0.4, 0.5) is 4.39 Å². The van der Waals surface area contributed by atoms with Gasteiger partial charge in [-0.25, -0.2) is 9.18 Å². The van der Waals surface area contributed by atoms with Gasteiger partial charge in [-0.3, -0.25) is 0 Å². The van der Waals surface area contributed by atoms with E-state index in [1.807, 2.05) is 0 Å². The molecule has 0 saturated heterocycles. The molecule has 0 aromatic heterocycles. The van der Waals surface area contributed by atoms with Crippen LogP contribution in [0.3, 0.4) is 0 Å². The normalized spacial score (nSPS) is 14.9. The molecule has 1 aromatic carbocycles. The summed E-state index contributed by atoms with van der Waals surface area (Å²) in [4.78, 5) is 10.7. The lowest BCUT2D eigenvalue weighted by atomic mass is 10.1. The van der Waals surface area contributed by atoms with Gasteiger partial charge in [-0.05, 0) is 18.4 Å². The second-order valence-corrected chi connectivity index (χ2v) is 4.37. The standard InChI is InChI=1S/C13H15FO3/c14-12-10(2-1-3-11(12)13(15)16)8-17-7-6-9-4-5-9/h1-3,9H,4-8H2,(H,15,16). The lowest BCUT2D eigenvalue weighted by molar-refractivity contribution is 0.0690. The van der Waals surface area contributed by atoms with Gasteiger partial charge in [-0.15, -0.1) is 0 Å². The second-order valence-electron chi connectivity index (χ2n) is 4.37. The van der Waals surface area contributed by atoms with Gasteiger partial charge in [0.15, 0.2) is 0 Å². The van der Waals surface area contributed by atoms with Crippen LogP contribution in [-0.4, -0.2) is 17.7 Å². The first kappa shape index (κ1) is 12.0. The highest BCUT2D eigenvalue weighted by Gasteiger charge is 2.20. The maximum atomic E-state index is 13.7. The summed E-state index contributed by atoms with van der Waals surface area (Å²) in [5.74, 6) is -1.15. The number of aromatic carboxylic acids is 1. The lowest BCUT2D eigenvalue weighted by Gasteiger charge is -2.06. The van der Waals surface area contributed by atoms with Crippen molar-refractivity contribution < 1.29 is 19.0 Å². The van der Waals surface area contributed by atoms with E-state index in [1.165, 1.54) is 25.0 Å². The zero-order valence-corrected chi connectivity index (χ0v) is 9.49. The van der Waals surface area contributed by atoms with Crippen LogP contribution in [0.1, 0.15) is 35.2 Å². The second kappa shape index (κ2) is 5.27. The SMILES string of the molecule is O=C(O)c1cccc(COCCC2CC2)c1F. The van der Waals surface area contributed by atoms with Gasteiger partial charge < -0.3 is 9.84 Å². The van der Waals surface area contributed by atoms with E-state index < -0.39 is 11.8 Å². The molecule has 1 aromatic rings.